The highest BCUT2D eigenvalue weighted by Crippen LogP contribution is 2.44. The van der Waals surface area contributed by atoms with Gasteiger partial charge in [0.2, 0.25) is 23.6 Å². The van der Waals surface area contributed by atoms with Crippen LogP contribution in [0.3, 0.4) is 0 Å². The molecule has 0 saturated carbocycles. The number of benzene rings is 20. The van der Waals surface area contributed by atoms with Crippen molar-refractivity contribution in [3.05, 3.63) is 482 Å². The first-order chi connectivity index (χ1) is 73.2. The second-order valence-electron chi connectivity index (χ2n) is 39.4. The molecule has 0 saturated heterocycles. The van der Waals surface area contributed by atoms with Crippen molar-refractivity contribution in [3.63, 3.8) is 0 Å². The average Bonchev–Trinajstić information content (AvgIpc) is 1.60. The molecule has 718 valence electrons. The van der Waals surface area contributed by atoms with E-state index < -0.39 is 0 Å². The number of hydrogen-bond acceptors (Lipinski definition) is 8. The highest BCUT2D eigenvalue weighted by molar-refractivity contribution is 6.14. The lowest BCUT2D eigenvalue weighted by atomic mass is 9.98. The van der Waals surface area contributed by atoms with Gasteiger partial charge >= 0.3 is 0 Å². The number of hydrogen-bond donors (Lipinski definition) is 0. The highest BCUT2D eigenvalue weighted by atomic mass is 16.4. The van der Waals surface area contributed by atoms with Crippen LogP contribution in [0, 0.1) is 34.6 Å². The molecule has 12 nitrogen and oxygen atoms in total. The molecule has 0 amide bonds. The maximum Gasteiger partial charge on any atom is 0.227 e. The van der Waals surface area contributed by atoms with Crippen LogP contribution < -0.4 is 0 Å². The molecule has 8 aromatic heterocycles. The lowest BCUT2D eigenvalue weighted by Crippen LogP contribution is -2.00. The highest BCUT2D eigenvalue weighted by Gasteiger charge is 2.24. The lowest BCUT2D eigenvalue weighted by Gasteiger charge is -2.15. The summed E-state index contributed by atoms with van der Waals surface area (Å²) in [4.78, 5) is 18.6. The molecule has 0 spiro atoms. The number of nitrogens with zero attached hydrogens (tertiary/aromatic N) is 8. The number of unbranched alkanes of at least 4 members (excludes halogenated alkanes) is 1. The Kier molecular flexibility index (Phi) is 23.9. The summed E-state index contributed by atoms with van der Waals surface area (Å²) in [7, 11) is 0. The zero-order chi connectivity index (χ0) is 100. The fourth-order valence-electron chi connectivity index (χ4n) is 21.9. The number of para-hydroxylation sites is 12. The fraction of sp³-hybridized carbons (Fsp3) is 0.0949. The zero-order valence-electron chi connectivity index (χ0n) is 84.3. The third kappa shape index (κ3) is 17.4. The topological polar surface area (TPSA) is 124 Å². The van der Waals surface area contributed by atoms with Crippen molar-refractivity contribution in [2.24, 2.45) is 0 Å². The van der Waals surface area contributed by atoms with E-state index in [0.29, 0.717) is 29.5 Å². The predicted octanol–water partition coefficient (Wildman–Crippen LogP) is 37.4. The van der Waals surface area contributed by atoms with Gasteiger partial charge in [0, 0.05) is 82.4 Å². The van der Waals surface area contributed by atoms with Crippen molar-refractivity contribution < 1.29 is 17.7 Å². The number of aryl methyl sites for hydroxylation is 6. The average molecular weight is 1930 g/mol. The second kappa shape index (κ2) is 38.9. The number of aromatic nitrogens is 8. The molecule has 0 radical (unpaired) electrons. The monoisotopic (exact) mass is 1930 g/mol. The van der Waals surface area contributed by atoms with Gasteiger partial charge in [0.15, 0.2) is 22.3 Å². The summed E-state index contributed by atoms with van der Waals surface area (Å²) in [6.45, 7) is 17.7. The minimum absolute atomic E-state index is 0.568. The van der Waals surface area contributed by atoms with Gasteiger partial charge < -0.3 is 35.9 Å². The first-order valence-electron chi connectivity index (χ1n) is 51.5. The molecule has 149 heavy (non-hydrogen) atoms. The second-order valence-corrected chi connectivity index (χ2v) is 39.4. The Labute approximate surface area is 863 Å². The van der Waals surface area contributed by atoms with Crippen LogP contribution in [0.4, 0.5) is 0 Å². The number of oxazole rings is 4. The largest absolute Gasteiger partial charge is 0.436 e. The Morgan fingerprint density at radius 3 is 0.805 bits per heavy atom. The third-order valence-electron chi connectivity index (χ3n) is 29.4. The molecular formula is C137H106N8O4. The number of fused-ring (bicyclic) bond motifs is 16. The minimum atomic E-state index is 0.568. The van der Waals surface area contributed by atoms with Crippen LogP contribution in [-0.2, 0) is 6.42 Å². The van der Waals surface area contributed by atoms with Crippen LogP contribution >= 0.6 is 0 Å². The molecule has 0 fully saturated rings. The molecule has 0 aliphatic rings. The van der Waals surface area contributed by atoms with E-state index in [1.807, 2.05) is 97.1 Å². The third-order valence-corrected chi connectivity index (χ3v) is 29.4. The van der Waals surface area contributed by atoms with E-state index in [2.05, 4.69) is 439 Å². The van der Waals surface area contributed by atoms with Crippen LogP contribution in [0.15, 0.2) is 461 Å². The quantitative estimate of drug-likeness (QED) is 0.0883. The molecule has 0 N–H and O–H groups in total. The molecule has 0 bridgehead atoms. The van der Waals surface area contributed by atoms with Gasteiger partial charge in [-0.25, -0.2) is 19.9 Å². The van der Waals surface area contributed by atoms with Crippen LogP contribution in [0.1, 0.15) is 84.9 Å². The summed E-state index contributed by atoms with van der Waals surface area (Å²) < 4.78 is 33.4. The summed E-state index contributed by atoms with van der Waals surface area (Å²) in [5.41, 5.74) is 43.9. The van der Waals surface area contributed by atoms with E-state index >= 15 is 0 Å². The molecule has 28 rings (SSSR count). The maximum absolute atomic E-state index is 5.96. The van der Waals surface area contributed by atoms with Crippen LogP contribution in [0.2, 0.25) is 0 Å². The van der Waals surface area contributed by atoms with Crippen molar-refractivity contribution in [2.75, 3.05) is 0 Å². The smallest absolute Gasteiger partial charge is 0.227 e. The first kappa shape index (κ1) is 91.7. The van der Waals surface area contributed by atoms with Gasteiger partial charge in [-0.3, -0.25) is 0 Å². The van der Waals surface area contributed by atoms with E-state index in [0.717, 1.165) is 79.5 Å². The molecule has 20 aromatic carbocycles. The summed E-state index contributed by atoms with van der Waals surface area (Å²) >= 11 is 0. The normalized spacial score (nSPS) is 11.8. The van der Waals surface area contributed by atoms with E-state index in [-0.39, 0.29) is 0 Å². The summed E-state index contributed by atoms with van der Waals surface area (Å²) in [6, 6.07) is 157. The van der Waals surface area contributed by atoms with Gasteiger partial charge in [0.25, 0.3) is 0 Å². The summed E-state index contributed by atoms with van der Waals surface area (Å²) in [5.74, 6) is 3.16. The van der Waals surface area contributed by atoms with E-state index in [4.69, 9.17) is 17.7 Å². The van der Waals surface area contributed by atoms with Crippen molar-refractivity contribution in [1.29, 1.82) is 0 Å². The van der Waals surface area contributed by atoms with Crippen LogP contribution in [0.5, 0.6) is 0 Å². The van der Waals surface area contributed by atoms with Crippen LogP contribution in [-0.4, -0.2) is 38.2 Å². The zero-order valence-corrected chi connectivity index (χ0v) is 84.3. The molecule has 0 aliphatic heterocycles. The fourth-order valence-corrected chi connectivity index (χ4v) is 21.9. The SMILES string of the molecule is CCC(C)c1ccc(-n2c3ccccc3c3cc(-c4ccc(-c5nc6ccccc6o5)cc4)ccc32)cc1.CCCCc1ccc(-n2c3ccccc3c3cc(-c4ccc(-c5nc6ccccc6o5)cc4)ccc32)cc1.Cc1cc(C)c(-n2c3ccccc3c3cc(-c4ccc(-c5nc6ccccc6o5)cc4)ccc32)c(C)c1.Cc1cc(C)cc(-n2c3ccccc3c3cc(-c4ccc(-c5nc6ccccc6o5)cc4)ccc32)c1. The van der Waals surface area contributed by atoms with Crippen LogP contribution in [0.25, 0.3) is 245 Å². The Balaban J connectivity index is 0.000000103. The molecule has 28 aromatic rings. The molecule has 8 heterocycles. The first-order valence-corrected chi connectivity index (χ1v) is 51.5. The molecule has 1 unspecified atom stereocenters. The van der Waals surface area contributed by atoms with Gasteiger partial charge in [0.1, 0.15) is 22.1 Å². The predicted molar refractivity (Wildman–Crippen MR) is 618 cm³/mol. The van der Waals surface area contributed by atoms with E-state index in [9.17, 15) is 0 Å². The Bertz CT molecular complexity index is 9760. The molecule has 0 aliphatic carbocycles. The minimum Gasteiger partial charge on any atom is -0.436 e. The number of rotatable bonds is 17. The van der Waals surface area contributed by atoms with Crippen molar-refractivity contribution in [3.8, 4) is 113 Å². The van der Waals surface area contributed by atoms with E-state index in [1.54, 1.807) is 0 Å². The molecule has 12 heteroatoms. The van der Waals surface area contributed by atoms with Crippen molar-refractivity contribution >= 4 is 132 Å². The molecular weight excluding hydrogens is 1820 g/mol. The van der Waals surface area contributed by atoms with Gasteiger partial charge in [-0.1, -0.05) is 269 Å². The molecule has 1 atom stereocenters. The summed E-state index contributed by atoms with van der Waals surface area (Å²) in [5, 5.41) is 10.1. The van der Waals surface area contributed by atoms with Crippen molar-refractivity contribution in [1.82, 2.24) is 38.2 Å². The Morgan fingerprint density at radius 1 is 0.228 bits per heavy atom. The van der Waals surface area contributed by atoms with Gasteiger partial charge in [0.05, 0.1) is 49.8 Å². The van der Waals surface area contributed by atoms with Gasteiger partial charge in [-0.05, 0) is 344 Å². The van der Waals surface area contributed by atoms with Gasteiger partial charge in [-0.2, -0.15) is 0 Å². The van der Waals surface area contributed by atoms with E-state index in [1.165, 1.54) is 206 Å². The van der Waals surface area contributed by atoms with Crippen molar-refractivity contribution in [2.45, 2.75) is 87.0 Å². The lowest BCUT2D eigenvalue weighted by molar-refractivity contribution is 0.619. The maximum atomic E-state index is 5.96. The Hall–Kier alpha value is -18.5. The standard InChI is InChI=1S/2C35H28N2O.C34H26N2O.C33H24N2O/c1-3-23(2)24-16-19-28(20-17-24)37-32-10-6-4-8-29(32)30-22-27(18-21-33(30)37)25-12-14-26(15-13-25)35-36-31-9-5-7-11-34(31)38-35;1-2-3-8-24-13-20-28(21-14-24)37-32-11-6-4-9-29(32)30-23-27(19-22-33(30)37)25-15-17-26(18-16-25)35-36-31-10-5-7-12-34(31)38-35;1-21-18-22(2)33(23(3)19-21)36-30-10-6-4-8-27(30)28-20-26(16-17-31(28)36)24-12-14-25(15-13-24)34-35-29-9-5-7-11-32(29)37-34;1-21-17-22(2)19-26(18-21)35-30-9-5-3-7-27(30)28-20-25(15-16-31(28)35)23-11-13-24(14-12-23)33-34-29-8-4-6-10-32(29)36-33/h4-23H,3H2,1-2H3;4-7,9-23H,2-3,8H2,1H3;4-20H,1-3H3;3-20H,1-2H3. The van der Waals surface area contributed by atoms with Gasteiger partial charge in [-0.15, -0.1) is 0 Å². The Morgan fingerprint density at radius 2 is 0.490 bits per heavy atom. The summed E-state index contributed by atoms with van der Waals surface area (Å²) in [6.07, 6.45) is 4.73.